The average Bonchev–Trinajstić information content (AvgIpc) is 3.12. The monoisotopic (exact) mass is 1000 g/mol. The topological polar surface area (TPSA) is 240 Å². The van der Waals surface area contributed by atoms with Gasteiger partial charge in [-0.2, -0.15) is 26.3 Å². The lowest BCUT2D eigenvalue weighted by atomic mass is 9.93. The van der Waals surface area contributed by atoms with E-state index < -0.39 is 99.2 Å². The van der Waals surface area contributed by atoms with Crippen LogP contribution in [0.1, 0.15) is 20.8 Å². The largest absolute Gasteiger partial charge is 0.499 e. The van der Waals surface area contributed by atoms with Gasteiger partial charge in [0.25, 0.3) is 27.5 Å². The highest BCUT2D eigenvalue weighted by molar-refractivity contribution is 8.24. The zero-order valence-electron chi connectivity index (χ0n) is 33.3. The number of anilines is 1. The second-order valence-electron chi connectivity index (χ2n) is 13.4. The number of sulfone groups is 4. The first-order valence-electron chi connectivity index (χ1n) is 17.4. The van der Waals surface area contributed by atoms with E-state index in [1.807, 2.05) is 4.90 Å². The SMILES string of the molecule is CCN=c1ccc2c(-c3ccc(S(=O)(=O)C(S(=O)(=O)N(C)C)S(=O)(=O)C(F)(F)F)cc3S(=O)(=O)C(S(=O)(=O)N(C)C)S(=O)(=O)C(F)(F)F)c3ccc(N(CC)CC)cc3oc-2c1. The summed E-state index contributed by atoms with van der Waals surface area (Å²) in [7, 11) is -38.9. The molecule has 4 rings (SSSR count). The van der Waals surface area contributed by atoms with Crippen LogP contribution in [0.5, 0.6) is 0 Å². The summed E-state index contributed by atoms with van der Waals surface area (Å²) in [5.41, 5.74) is -14.5. The summed E-state index contributed by atoms with van der Waals surface area (Å²) < 4.78 is 245. The van der Waals surface area contributed by atoms with Crippen LogP contribution in [0.3, 0.4) is 0 Å². The molecular formula is C33H38F6N4O13S6. The second-order valence-corrected chi connectivity index (χ2v) is 27.8. The van der Waals surface area contributed by atoms with Crippen molar-refractivity contribution in [2.24, 2.45) is 4.99 Å². The standard InChI is InChI=1S/C33H38F6N4O13S6/c1-8-40-20-11-14-23-26(17-20)56-27-18-21(43(9-2)10-3)12-15-24(27)29(23)25-16-13-22(57(44,45)30(61(52,53)41(4)5)59(48,49)32(34,35)36)19-28(25)58(46,47)31(62(54,55)42(6)7)60(50,51)33(37,38)39/h11-19,30-31H,8-10H2,1-7H3. The van der Waals surface area contributed by atoms with Gasteiger partial charge in [-0.1, -0.05) is 6.07 Å². The van der Waals surface area contributed by atoms with Crippen LogP contribution in [0.2, 0.25) is 0 Å². The number of hydrogen-bond donors (Lipinski definition) is 0. The number of halogens is 6. The Kier molecular flexibility index (Phi) is 13.9. The van der Waals surface area contributed by atoms with E-state index in [2.05, 4.69) is 4.99 Å². The number of hydrogen-bond acceptors (Lipinski definition) is 15. The summed E-state index contributed by atoms with van der Waals surface area (Å²) in [6, 6.07) is 8.45. The Morgan fingerprint density at radius 2 is 1.10 bits per heavy atom. The first-order chi connectivity index (χ1) is 28.1. The van der Waals surface area contributed by atoms with E-state index in [-0.39, 0.29) is 54.9 Å². The molecule has 0 N–H and O–H groups in total. The number of fused-ring (bicyclic) bond motifs is 2. The molecule has 0 amide bonds. The molecule has 17 nitrogen and oxygen atoms in total. The van der Waals surface area contributed by atoms with Gasteiger partial charge in [0.1, 0.15) is 11.3 Å². The van der Waals surface area contributed by atoms with Crippen molar-refractivity contribution in [1.82, 2.24) is 8.61 Å². The van der Waals surface area contributed by atoms with Crippen molar-refractivity contribution in [3.8, 4) is 22.5 Å². The van der Waals surface area contributed by atoms with E-state index in [9.17, 15) is 76.8 Å². The number of alkyl halides is 6. The highest BCUT2D eigenvalue weighted by Gasteiger charge is 2.64. The first kappa shape index (κ1) is 50.8. The molecule has 2 unspecified atom stereocenters. The maximum Gasteiger partial charge on any atom is 0.499 e. The van der Waals surface area contributed by atoms with Gasteiger partial charge < -0.3 is 9.32 Å². The van der Waals surface area contributed by atoms with E-state index >= 15 is 0 Å². The zero-order valence-corrected chi connectivity index (χ0v) is 38.2. The minimum absolute atomic E-state index is 0.112. The van der Waals surface area contributed by atoms with Crippen molar-refractivity contribution in [1.29, 1.82) is 0 Å². The molecule has 0 bridgehead atoms. The van der Waals surface area contributed by atoms with Gasteiger partial charge in [0.05, 0.1) is 15.1 Å². The summed E-state index contributed by atoms with van der Waals surface area (Å²) in [6.45, 7) is 6.35. The first-order valence-corrected chi connectivity index (χ1v) is 26.6. The third-order valence-electron chi connectivity index (χ3n) is 9.18. The molecule has 0 aromatic heterocycles. The lowest BCUT2D eigenvalue weighted by Gasteiger charge is -2.26. The van der Waals surface area contributed by atoms with Crippen LogP contribution in [0.4, 0.5) is 32.0 Å². The predicted octanol–water partition coefficient (Wildman–Crippen LogP) is 3.74. The van der Waals surface area contributed by atoms with Gasteiger partial charge in [-0.3, -0.25) is 4.99 Å². The molecule has 2 aliphatic rings. The van der Waals surface area contributed by atoms with Crippen molar-refractivity contribution < 1.29 is 81.3 Å². The molecule has 29 heteroatoms. The van der Waals surface area contributed by atoms with E-state index in [4.69, 9.17) is 4.42 Å². The lowest BCUT2D eigenvalue weighted by molar-refractivity contribution is -0.0440. The highest BCUT2D eigenvalue weighted by Crippen LogP contribution is 2.47. The fourth-order valence-electron chi connectivity index (χ4n) is 6.10. The van der Waals surface area contributed by atoms with Crippen molar-refractivity contribution in [2.45, 2.75) is 49.4 Å². The van der Waals surface area contributed by atoms with E-state index in [0.717, 1.165) is 0 Å². The molecule has 346 valence electrons. The van der Waals surface area contributed by atoms with Crippen LogP contribution < -0.4 is 10.3 Å². The van der Waals surface area contributed by atoms with Crippen LogP contribution in [0.15, 0.2) is 73.8 Å². The van der Waals surface area contributed by atoms with Crippen LogP contribution in [0.25, 0.3) is 33.4 Å². The Morgan fingerprint density at radius 1 is 0.613 bits per heavy atom. The zero-order chi connectivity index (χ0) is 47.6. The Bertz CT molecular complexity index is 3130. The molecule has 0 fully saturated rings. The number of rotatable bonds is 15. The molecule has 1 heterocycles. The van der Waals surface area contributed by atoms with Crippen molar-refractivity contribution in [3.63, 3.8) is 0 Å². The third-order valence-corrected chi connectivity index (χ3v) is 26.4. The molecule has 62 heavy (non-hydrogen) atoms. The van der Waals surface area contributed by atoms with Crippen molar-refractivity contribution >= 4 is 76.1 Å². The molecular weight excluding hydrogens is 967 g/mol. The fourth-order valence-corrected chi connectivity index (χ4v) is 21.5. The fraction of sp³-hybridized carbons (Fsp3) is 0.424. The Hall–Kier alpha value is -3.87. The molecule has 0 saturated heterocycles. The molecule has 0 spiro atoms. The van der Waals surface area contributed by atoms with Crippen LogP contribution in [0, 0.1) is 0 Å². The normalized spacial score (nSPS) is 15.4. The van der Waals surface area contributed by atoms with Gasteiger partial charge in [-0.25, -0.2) is 59.1 Å². The van der Waals surface area contributed by atoms with Gasteiger partial charge in [-0.15, -0.1) is 0 Å². The van der Waals surface area contributed by atoms with Gasteiger partial charge in [0.15, 0.2) is 0 Å². The molecule has 2 atom stereocenters. The molecule has 1 aliphatic carbocycles. The summed E-state index contributed by atoms with van der Waals surface area (Å²) in [6.07, 6.45) is 0. The van der Waals surface area contributed by atoms with Gasteiger partial charge in [0.2, 0.25) is 39.7 Å². The van der Waals surface area contributed by atoms with Crippen LogP contribution >= 0.6 is 0 Å². The van der Waals surface area contributed by atoms with E-state index in [1.165, 1.54) is 36.4 Å². The summed E-state index contributed by atoms with van der Waals surface area (Å²) in [5.74, 6) is -0.146. The Morgan fingerprint density at radius 3 is 1.55 bits per heavy atom. The maximum atomic E-state index is 14.8. The molecule has 2 aromatic carbocycles. The smallest absolute Gasteiger partial charge is 0.456 e. The van der Waals surface area contributed by atoms with E-state index in [0.29, 0.717) is 53.0 Å². The highest BCUT2D eigenvalue weighted by atomic mass is 32.3. The Balaban J connectivity index is 2.41. The minimum Gasteiger partial charge on any atom is -0.456 e. The number of nitrogens with zero attached hydrogens (tertiary/aromatic N) is 4. The molecule has 2 aromatic rings. The van der Waals surface area contributed by atoms with Crippen molar-refractivity contribution in [3.05, 3.63) is 60.0 Å². The summed E-state index contributed by atoms with van der Waals surface area (Å²) in [4.78, 5) is 2.18. The van der Waals surface area contributed by atoms with Gasteiger partial charge in [-0.05, 0) is 57.2 Å². The van der Waals surface area contributed by atoms with Gasteiger partial charge in [0, 0.05) is 87.7 Å². The maximum absolute atomic E-state index is 14.8. The second kappa shape index (κ2) is 16.9. The average molecular weight is 1010 g/mol. The predicted molar refractivity (Wildman–Crippen MR) is 215 cm³/mol. The number of sulfonamides is 2. The third kappa shape index (κ3) is 8.69. The number of benzene rings is 3. The Labute approximate surface area is 353 Å². The minimum atomic E-state index is -7.46. The van der Waals surface area contributed by atoms with Crippen LogP contribution in [-0.2, 0) is 59.4 Å². The summed E-state index contributed by atoms with van der Waals surface area (Å²) >= 11 is 0. The van der Waals surface area contributed by atoms with Crippen LogP contribution in [-0.4, -0.2) is 126 Å². The molecule has 0 radical (unpaired) electrons. The summed E-state index contributed by atoms with van der Waals surface area (Å²) in [5, 5.41) is 0.120. The van der Waals surface area contributed by atoms with E-state index in [1.54, 1.807) is 20.8 Å². The lowest BCUT2D eigenvalue weighted by Crippen LogP contribution is -2.49. The van der Waals surface area contributed by atoms with Gasteiger partial charge >= 0.3 is 11.0 Å². The quantitative estimate of drug-likeness (QED) is 0.122. The molecule has 1 aliphatic heterocycles. The van der Waals surface area contributed by atoms with Crippen molar-refractivity contribution in [2.75, 3.05) is 52.7 Å². The molecule has 0 saturated carbocycles.